The number of carboxylic acids is 1. The Bertz CT molecular complexity index is 300. The van der Waals surface area contributed by atoms with Crippen LogP contribution in [0, 0.1) is 0 Å². The Kier molecular flexibility index (Phi) is 3.62. The van der Waals surface area contributed by atoms with Crippen LogP contribution in [0.5, 0.6) is 0 Å². The Hall–Kier alpha value is -1.39. The third-order valence-corrected chi connectivity index (χ3v) is 2.06. The van der Waals surface area contributed by atoms with Gasteiger partial charge < -0.3 is 16.6 Å². The molecule has 1 aromatic carbocycles. The molecule has 0 unspecified atom stereocenters. The van der Waals surface area contributed by atoms with Crippen LogP contribution >= 0.6 is 0 Å². The summed E-state index contributed by atoms with van der Waals surface area (Å²) in [7, 11) is 0. The lowest BCUT2D eigenvalue weighted by Gasteiger charge is -2.15. The summed E-state index contributed by atoms with van der Waals surface area (Å²) < 4.78 is 0. The molecule has 0 saturated carbocycles. The van der Waals surface area contributed by atoms with Gasteiger partial charge in [0.2, 0.25) is 0 Å². The third-order valence-electron chi connectivity index (χ3n) is 2.06. The van der Waals surface area contributed by atoms with Crippen molar-refractivity contribution in [2.45, 2.75) is 18.5 Å². The predicted octanol–water partition coefficient (Wildman–Crippen LogP) is -0.0317. The van der Waals surface area contributed by atoms with E-state index in [0.717, 1.165) is 5.56 Å². The zero-order valence-electron chi connectivity index (χ0n) is 7.76. The first-order valence-corrected chi connectivity index (χ1v) is 4.39. The highest BCUT2D eigenvalue weighted by atomic mass is 16.4. The Labute approximate surface area is 82.5 Å². The van der Waals surface area contributed by atoms with Gasteiger partial charge in [-0.1, -0.05) is 30.3 Å². The summed E-state index contributed by atoms with van der Waals surface area (Å²) >= 11 is 0. The molecule has 0 aliphatic heterocycles. The fourth-order valence-electron chi connectivity index (χ4n) is 1.20. The number of hydrogen-bond donors (Lipinski definition) is 3. The largest absolute Gasteiger partial charge is 0.480 e. The first-order valence-electron chi connectivity index (χ1n) is 4.39. The van der Waals surface area contributed by atoms with E-state index >= 15 is 0 Å². The third kappa shape index (κ3) is 2.83. The molecule has 0 radical (unpaired) electrons. The van der Waals surface area contributed by atoms with Gasteiger partial charge in [-0.3, -0.25) is 4.79 Å². The molecule has 1 rings (SSSR count). The average Bonchev–Trinajstić information content (AvgIpc) is 2.18. The van der Waals surface area contributed by atoms with Gasteiger partial charge in [0.1, 0.15) is 6.04 Å². The highest BCUT2D eigenvalue weighted by Crippen LogP contribution is 2.03. The fourth-order valence-corrected chi connectivity index (χ4v) is 1.20. The molecule has 5 N–H and O–H groups in total. The van der Waals surface area contributed by atoms with Crippen molar-refractivity contribution in [1.82, 2.24) is 0 Å². The molecule has 0 bridgehead atoms. The number of carbonyl (C=O) groups is 1. The predicted molar refractivity (Wildman–Crippen MR) is 53.7 cm³/mol. The van der Waals surface area contributed by atoms with Gasteiger partial charge in [0.25, 0.3) is 0 Å². The summed E-state index contributed by atoms with van der Waals surface area (Å²) in [5.41, 5.74) is 12.0. The highest BCUT2D eigenvalue weighted by molar-refractivity contribution is 5.74. The number of hydrogen-bond acceptors (Lipinski definition) is 3. The van der Waals surface area contributed by atoms with Crippen molar-refractivity contribution < 1.29 is 9.90 Å². The number of rotatable bonds is 4. The van der Waals surface area contributed by atoms with E-state index in [1.807, 2.05) is 30.3 Å². The van der Waals surface area contributed by atoms with Crippen LogP contribution in [0.4, 0.5) is 0 Å². The monoisotopic (exact) mass is 194 g/mol. The van der Waals surface area contributed by atoms with E-state index in [2.05, 4.69) is 0 Å². The van der Waals surface area contributed by atoms with Gasteiger partial charge in [0, 0.05) is 6.04 Å². The van der Waals surface area contributed by atoms with Crippen molar-refractivity contribution in [2.24, 2.45) is 11.5 Å². The number of nitrogens with two attached hydrogens (primary N) is 2. The van der Waals surface area contributed by atoms with Crippen molar-refractivity contribution in [3.8, 4) is 0 Å². The molecule has 4 nitrogen and oxygen atoms in total. The van der Waals surface area contributed by atoms with Gasteiger partial charge in [-0.2, -0.15) is 0 Å². The zero-order chi connectivity index (χ0) is 10.6. The first-order chi connectivity index (χ1) is 6.61. The molecule has 0 aliphatic rings. The molecular formula is C10H14N2O2. The number of carboxylic acid groups (broad SMARTS) is 1. The Morgan fingerprint density at radius 3 is 2.36 bits per heavy atom. The molecule has 0 heterocycles. The molecule has 0 aromatic heterocycles. The summed E-state index contributed by atoms with van der Waals surface area (Å²) in [4.78, 5) is 10.5. The van der Waals surface area contributed by atoms with Crippen LogP contribution in [0.2, 0.25) is 0 Å². The van der Waals surface area contributed by atoms with Crippen molar-refractivity contribution in [2.75, 3.05) is 0 Å². The molecular weight excluding hydrogens is 180 g/mol. The quantitative estimate of drug-likeness (QED) is 0.627. The SMILES string of the molecule is N[C@@H](Cc1ccccc1)[C@@H](N)C(=O)O. The second-order valence-corrected chi connectivity index (χ2v) is 3.22. The second kappa shape index (κ2) is 4.74. The Balaban J connectivity index is 2.57. The molecule has 0 aliphatic carbocycles. The van der Waals surface area contributed by atoms with E-state index in [-0.39, 0.29) is 0 Å². The number of aliphatic carboxylic acids is 1. The molecule has 14 heavy (non-hydrogen) atoms. The van der Waals surface area contributed by atoms with Gasteiger partial charge in [-0.15, -0.1) is 0 Å². The van der Waals surface area contributed by atoms with Crippen LogP contribution < -0.4 is 11.5 Å². The molecule has 1 aromatic rings. The molecule has 0 amide bonds. The van der Waals surface area contributed by atoms with Crippen LogP contribution in [-0.4, -0.2) is 23.2 Å². The van der Waals surface area contributed by atoms with E-state index in [9.17, 15) is 4.79 Å². The van der Waals surface area contributed by atoms with E-state index < -0.39 is 18.1 Å². The second-order valence-electron chi connectivity index (χ2n) is 3.22. The van der Waals surface area contributed by atoms with Crippen molar-refractivity contribution in [3.05, 3.63) is 35.9 Å². The van der Waals surface area contributed by atoms with Crippen molar-refractivity contribution >= 4 is 5.97 Å². The van der Waals surface area contributed by atoms with Crippen LogP contribution in [0.25, 0.3) is 0 Å². The summed E-state index contributed by atoms with van der Waals surface area (Å²) in [6.07, 6.45) is 0.480. The lowest BCUT2D eigenvalue weighted by molar-refractivity contribution is -0.139. The minimum absolute atomic E-state index is 0.480. The standard InChI is InChI=1S/C10H14N2O2/c11-8(9(12)10(13)14)6-7-4-2-1-3-5-7/h1-5,8-9H,6,11-12H2,(H,13,14)/t8-,9+/m0/s1. The van der Waals surface area contributed by atoms with Crippen LogP contribution in [0.3, 0.4) is 0 Å². The van der Waals surface area contributed by atoms with E-state index in [4.69, 9.17) is 16.6 Å². The molecule has 0 fully saturated rings. The maximum atomic E-state index is 10.5. The molecule has 0 spiro atoms. The van der Waals surface area contributed by atoms with Gasteiger partial charge in [0.05, 0.1) is 0 Å². The van der Waals surface area contributed by atoms with Crippen LogP contribution in [-0.2, 0) is 11.2 Å². The van der Waals surface area contributed by atoms with E-state index in [1.165, 1.54) is 0 Å². The smallest absolute Gasteiger partial charge is 0.322 e. The Morgan fingerprint density at radius 1 is 1.29 bits per heavy atom. The van der Waals surface area contributed by atoms with E-state index in [0.29, 0.717) is 6.42 Å². The van der Waals surface area contributed by atoms with Gasteiger partial charge in [0.15, 0.2) is 0 Å². The lowest BCUT2D eigenvalue weighted by Crippen LogP contribution is -2.48. The van der Waals surface area contributed by atoms with Crippen LogP contribution in [0.15, 0.2) is 30.3 Å². The molecule has 4 heteroatoms. The van der Waals surface area contributed by atoms with Crippen LogP contribution in [0.1, 0.15) is 5.56 Å². The van der Waals surface area contributed by atoms with Gasteiger partial charge in [-0.25, -0.2) is 0 Å². The summed E-state index contributed by atoms with van der Waals surface area (Å²) in [6.45, 7) is 0. The molecule has 2 atom stereocenters. The van der Waals surface area contributed by atoms with Crippen molar-refractivity contribution in [1.29, 1.82) is 0 Å². The minimum Gasteiger partial charge on any atom is -0.480 e. The average molecular weight is 194 g/mol. The summed E-state index contributed by atoms with van der Waals surface area (Å²) in [6, 6.07) is 7.91. The fraction of sp³-hybridized carbons (Fsp3) is 0.300. The Morgan fingerprint density at radius 2 is 1.86 bits per heavy atom. The maximum Gasteiger partial charge on any atom is 0.322 e. The zero-order valence-corrected chi connectivity index (χ0v) is 7.76. The van der Waals surface area contributed by atoms with Crippen molar-refractivity contribution in [3.63, 3.8) is 0 Å². The maximum absolute atomic E-state index is 10.5. The highest BCUT2D eigenvalue weighted by Gasteiger charge is 2.20. The summed E-state index contributed by atoms with van der Waals surface area (Å²) in [5.74, 6) is -1.06. The summed E-state index contributed by atoms with van der Waals surface area (Å²) in [5, 5.41) is 8.63. The normalized spacial score (nSPS) is 14.7. The number of benzene rings is 1. The first kappa shape index (κ1) is 10.7. The molecule has 76 valence electrons. The minimum atomic E-state index is -1.06. The van der Waals surface area contributed by atoms with Gasteiger partial charge >= 0.3 is 5.97 Å². The van der Waals surface area contributed by atoms with Gasteiger partial charge in [-0.05, 0) is 12.0 Å². The van der Waals surface area contributed by atoms with E-state index in [1.54, 1.807) is 0 Å². The lowest BCUT2D eigenvalue weighted by atomic mass is 10.0. The molecule has 0 saturated heterocycles. The topological polar surface area (TPSA) is 89.3 Å².